The third kappa shape index (κ3) is 2.98. The van der Waals surface area contributed by atoms with Crippen LogP contribution in [0.3, 0.4) is 0 Å². The van der Waals surface area contributed by atoms with Gasteiger partial charge < -0.3 is 15.9 Å². The van der Waals surface area contributed by atoms with Crippen LogP contribution >= 0.6 is 0 Å². The number of benzene rings is 1. The van der Waals surface area contributed by atoms with Gasteiger partial charge in [0.15, 0.2) is 5.43 Å². The standard InChI is InChI=1S/C18H18F3N5O2/c19-18(20,21)14-9-12(27)11-8-10(4-5-13(11)28-14)26-16(23)24-15(22)25-17(26)6-2-1-3-7-17/h4-5,8-9H,1-3,6-7H2,(H4,22,23,24,25). The molecule has 0 unspecified atom stereocenters. The molecule has 0 atom stereocenters. The van der Waals surface area contributed by atoms with Gasteiger partial charge in [-0.3, -0.25) is 9.69 Å². The zero-order valence-corrected chi connectivity index (χ0v) is 14.8. The Morgan fingerprint density at radius 2 is 1.82 bits per heavy atom. The van der Waals surface area contributed by atoms with Crippen LogP contribution in [0.25, 0.3) is 11.0 Å². The van der Waals surface area contributed by atoms with Gasteiger partial charge in [0.2, 0.25) is 17.7 Å². The molecule has 0 radical (unpaired) electrons. The predicted molar refractivity (Wildman–Crippen MR) is 99.0 cm³/mol. The highest BCUT2D eigenvalue weighted by Crippen LogP contribution is 2.40. The van der Waals surface area contributed by atoms with Crippen LogP contribution in [-0.2, 0) is 6.18 Å². The van der Waals surface area contributed by atoms with Gasteiger partial charge in [-0.1, -0.05) is 6.42 Å². The van der Waals surface area contributed by atoms with Gasteiger partial charge in [-0.2, -0.15) is 18.2 Å². The van der Waals surface area contributed by atoms with Gasteiger partial charge >= 0.3 is 6.18 Å². The summed E-state index contributed by atoms with van der Waals surface area (Å²) in [4.78, 5) is 22.6. The van der Waals surface area contributed by atoms with Crippen LogP contribution in [0.5, 0.6) is 0 Å². The Bertz CT molecular complexity index is 1050. The van der Waals surface area contributed by atoms with E-state index in [1.807, 2.05) is 0 Å². The maximum Gasteiger partial charge on any atom is 0.449 e. The molecule has 1 saturated carbocycles. The van der Waals surface area contributed by atoms with E-state index in [2.05, 4.69) is 9.98 Å². The van der Waals surface area contributed by atoms with Crippen LogP contribution < -0.4 is 21.8 Å². The fourth-order valence-corrected chi connectivity index (χ4v) is 3.92. The number of hydrogen-bond donors (Lipinski definition) is 2. The molecule has 2 aliphatic rings. The van der Waals surface area contributed by atoms with E-state index < -0.39 is 23.0 Å². The van der Waals surface area contributed by atoms with Crippen LogP contribution in [0.15, 0.2) is 43.5 Å². The Morgan fingerprint density at radius 1 is 1.11 bits per heavy atom. The molecule has 1 fully saturated rings. The summed E-state index contributed by atoms with van der Waals surface area (Å²) in [6.45, 7) is 0. The molecule has 4 N–H and O–H groups in total. The van der Waals surface area contributed by atoms with Crippen molar-refractivity contribution in [2.75, 3.05) is 4.90 Å². The molecule has 1 aromatic carbocycles. The normalized spacial score (nSPS) is 19.6. The number of hydrogen-bond acceptors (Lipinski definition) is 7. The van der Waals surface area contributed by atoms with Gasteiger partial charge in [0.05, 0.1) is 5.39 Å². The van der Waals surface area contributed by atoms with E-state index in [1.165, 1.54) is 12.1 Å². The van der Waals surface area contributed by atoms with Crippen molar-refractivity contribution >= 4 is 28.6 Å². The van der Waals surface area contributed by atoms with Gasteiger partial charge in [0, 0.05) is 11.8 Å². The summed E-state index contributed by atoms with van der Waals surface area (Å²) in [6.07, 6.45) is -0.443. The lowest BCUT2D eigenvalue weighted by molar-refractivity contribution is -0.152. The molecule has 148 valence electrons. The van der Waals surface area contributed by atoms with E-state index >= 15 is 0 Å². The van der Waals surface area contributed by atoms with Crippen LogP contribution in [0, 0.1) is 0 Å². The molecule has 10 heteroatoms. The van der Waals surface area contributed by atoms with Crippen molar-refractivity contribution in [3.63, 3.8) is 0 Å². The third-order valence-electron chi connectivity index (χ3n) is 5.10. The summed E-state index contributed by atoms with van der Waals surface area (Å²) >= 11 is 0. The first-order valence-electron chi connectivity index (χ1n) is 8.84. The number of fused-ring (bicyclic) bond motifs is 1. The number of guanidine groups is 2. The SMILES string of the molecule is NC1=NC2(CCCCC2)N(c2ccc3oc(C(F)(F)F)cc(=O)c3c2)C(N)=N1. The summed E-state index contributed by atoms with van der Waals surface area (Å²) in [7, 11) is 0. The molecule has 4 rings (SSSR count). The predicted octanol–water partition coefficient (Wildman–Crippen LogP) is 2.92. The summed E-state index contributed by atoms with van der Waals surface area (Å²) in [5, 5.41) is 0.0202. The van der Waals surface area contributed by atoms with Gasteiger partial charge in [0.25, 0.3) is 0 Å². The zero-order chi connectivity index (χ0) is 20.1. The second-order valence-corrected chi connectivity index (χ2v) is 6.97. The number of alkyl halides is 3. The van der Waals surface area contributed by atoms with Crippen LogP contribution in [-0.4, -0.2) is 17.6 Å². The molecule has 1 spiro atoms. The highest BCUT2D eigenvalue weighted by Gasteiger charge is 2.42. The Kier molecular flexibility index (Phi) is 4.09. The summed E-state index contributed by atoms with van der Waals surface area (Å²) < 4.78 is 43.6. The Balaban J connectivity index is 1.85. The highest BCUT2D eigenvalue weighted by atomic mass is 19.4. The lowest BCUT2D eigenvalue weighted by Crippen LogP contribution is -2.58. The molecular weight excluding hydrogens is 375 g/mol. The fraction of sp³-hybridized carbons (Fsp3) is 0.389. The molecule has 7 nitrogen and oxygen atoms in total. The monoisotopic (exact) mass is 393 g/mol. The van der Waals surface area contributed by atoms with Gasteiger partial charge in [-0.15, -0.1) is 0 Å². The number of nitrogens with two attached hydrogens (primary N) is 2. The minimum Gasteiger partial charge on any atom is -0.451 e. The van der Waals surface area contributed by atoms with Crippen molar-refractivity contribution in [2.45, 2.75) is 43.9 Å². The van der Waals surface area contributed by atoms with Crippen molar-refractivity contribution in [3.05, 3.63) is 40.2 Å². The van der Waals surface area contributed by atoms with Crippen molar-refractivity contribution in [3.8, 4) is 0 Å². The third-order valence-corrected chi connectivity index (χ3v) is 5.10. The topological polar surface area (TPSA) is 110 Å². The Hall–Kier alpha value is -3.04. The zero-order valence-electron chi connectivity index (χ0n) is 14.8. The van der Waals surface area contributed by atoms with E-state index in [1.54, 1.807) is 11.0 Å². The minimum atomic E-state index is -4.74. The smallest absolute Gasteiger partial charge is 0.449 e. The van der Waals surface area contributed by atoms with E-state index in [0.717, 1.165) is 19.3 Å². The lowest BCUT2D eigenvalue weighted by atomic mass is 9.87. The summed E-state index contributed by atoms with van der Waals surface area (Å²) in [5.41, 5.74) is 10.8. The maximum atomic E-state index is 12.9. The quantitative estimate of drug-likeness (QED) is 0.774. The van der Waals surface area contributed by atoms with Gasteiger partial charge in [-0.05, 0) is 43.9 Å². The second kappa shape index (κ2) is 6.25. The van der Waals surface area contributed by atoms with Crippen molar-refractivity contribution in [1.29, 1.82) is 0 Å². The molecular formula is C18H18F3N5O2. The molecule has 28 heavy (non-hydrogen) atoms. The van der Waals surface area contributed by atoms with E-state index in [0.29, 0.717) is 24.6 Å². The van der Waals surface area contributed by atoms with Crippen LogP contribution in [0.4, 0.5) is 18.9 Å². The van der Waals surface area contributed by atoms with E-state index in [9.17, 15) is 18.0 Å². The second-order valence-electron chi connectivity index (χ2n) is 6.97. The number of rotatable bonds is 1. The Labute approximate surface area is 157 Å². The fourth-order valence-electron chi connectivity index (χ4n) is 3.92. The molecule has 0 amide bonds. The number of aliphatic imine (C=N–C) groups is 2. The minimum absolute atomic E-state index is 0.0202. The molecule has 0 bridgehead atoms. The van der Waals surface area contributed by atoms with Crippen molar-refractivity contribution in [1.82, 2.24) is 0 Å². The van der Waals surface area contributed by atoms with Crippen LogP contribution in [0.1, 0.15) is 37.9 Å². The average molecular weight is 393 g/mol. The van der Waals surface area contributed by atoms with E-state index in [4.69, 9.17) is 15.9 Å². The Morgan fingerprint density at radius 3 is 2.50 bits per heavy atom. The summed E-state index contributed by atoms with van der Waals surface area (Å²) in [6, 6.07) is 4.78. The molecule has 2 aromatic rings. The molecule has 1 aromatic heterocycles. The van der Waals surface area contributed by atoms with Crippen LogP contribution in [0.2, 0.25) is 0 Å². The average Bonchev–Trinajstić information content (AvgIpc) is 2.61. The highest BCUT2D eigenvalue weighted by molar-refractivity contribution is 6.06. The van der Waals surface area contributed by atoms with Gasteiger partial charge in [0.1, 0.15) is 11.2 Å². The number of nitrogens with zero attached hydrogens (tertiary/aromatic N) is 3. The van der Waals surface area contributed by atoms with Crippen molar-refractivity contribution in [2.24, 2.45) is 21.5 Å². The molecule has 1 aliphatic carbocycles. The van der Waals surface area contributed by atoms with Crippen molar-refractivity contribution < 1.29 is 17.6 Å². The summed E-state index contributed by atoms with van der Waals surface area (Å²) in [5.74, 6) is -1.12. The first kappa shape index (κ1) is 18.3. The first-order chi connectivity index (χ1) is 13.2. The molecule has 0 saturated heterocycles. The van der Waals surface area contributed by atoms with Gasteiger partial charge in [-0.25, -0.2) is 4.99 Å². The molecule has 1 aliphatic heterocycles. The lowest BCUT2D eigenvalue weighted by Gasteiger charge is -2.45. The first-order valence-corrected chi connectivity index (χ1v) is 8.84. The molecule has 2 heterocycles. The maximum absolute atomic E-state index is 12.9. The number of halogens is 3. The largest absolute Gasteiger partial charge is 0.451 e. The number of anilines is 1. The van der Waals surface area contributed by atoms with E-state index in [-0.39, 0.29) is 22.9 Å².